The van der Waals surface area contributed by atoms with E-state index < -0.39 is 0 Å². The maximum atomic E-state index is 2.24. The van der Waals surface area contributed by atoms with E-state index in [4.69, 9.17) is 0 Å². The van der Waals surface area contributed by atoms with Crippen LogP contribution in [-0.2, 0) is 0 Å². The molecule has 0 fully saturated rings. The Bertz CT molecular complexity index is 657. The summed E-state index contributed by atoms with van der Waals surface area (Å²) in [6, 6.07) is 17.6. The zero-order valence-corrected chi connectivity index (χ0v) is 7.62. The summed E-state index contributed by atoms with van der Waals surface area (Å²) in [5.74, 6) is 0. The average molecular weight is 176 g/mol. The molecule has 0 aliphatic carbocycles. The van der Waals surface area contributed by atoms with Crippen LogP contribution in [0.25, 0.3) is 32.3 Å². The van der Waals surface area contributed by atoms with Gasteiger partial charge in [-0.2, -0.15) is 0 Å². The largest absolute Gasteiger partial charge is 0.0537 e. The molecule has 0 heteroatoms. The molecule has 0 heterocycles. The monoisotopic (exact) mass is 176 g/mol. The second-order valence-electron chi connectivity index (χ2n) is 3.90. The maximum absolute atomic E-state index is 2.24. The van der Waals surface area contributed by atoms with E-state index in [0.717, 1.165) is 0 Å². The van der Waals surface area contributed by atoms with E-state index in [1.807, 2.05) is 0 Å². The van der Waals surface area contributed by atoms with Crippen molar-refractivity contribution in [3.63, 3.8) is 0 Å². The van der Waals surface area contributed by atoms with Crippen molar-refractivity contribution in [2.45, 2.75) is 0 Å². The van der Waals surface area contributed by atoms with Gasteiger partial charge in [0.2, 0.25) is 0 Å². The van der Waals surface area contributed by atoms with Crippen molar-refractivity contribution in [3.05, 3.63) is 48.5 Å². The summed E-state index contributed by atoms with van der Waals surface area (Å²) in [6.07, 6.45) is 0. The van der Waals surface area contributed by atoms with Gasteiger partial charge in [0.25, 0.3) is 0 Å². The average Bonchev–Trinajstić information content (AvgIpc) is 2.07. The molecule has 0 unspecified atom stereocenters. The highest BCUT2D eigenvalue weighted by molar-refractivity contribution is 6.19. The van der Waals surface area contributed by atoms with Crippen molar-refractivity contribution < 1.29 is 0 Å². The normalized spacial score (nSPS) is 12.3. The fourth-order valence-electron chi connectivity index (χ4n) is 2.30. The predicted octanol–water partition coefficient (Wildman–Crippen LogP) is 4.02. The Morgan fingerprint density at radius 2 is 0.714 bits per heavy atom. The van der Waals surface area contributed by atoms with E-state index in [0.29, 0.717) is 0 Å². The molecule has 4 rings (SSSR count). The first-order valence-electron chi connectivity index (χ1n) is 4.89. The van der Waals surface area contributed by atoms with Crippen LogP contribution in [0.1, 0.15) is 0 Å². The van der Waals surface area contributed by atoms with Gasteiger partial charge < -0.3 is 0 Å². The first-order valence-corrected chi connectivity index (χ1v) is 4.89. The number of hydrogen-bond donors (Lipinski definition) is 0. The van der Waals surface area contributed by atoms with Gasteiger partial charge in [0.05, 0.1) is 0 Å². The molecule has 0 aliphatic rings. The standard InChI is InChI=1S/C14H8/c1-5-11-9(1)3-7-14-12-6-2-10(12)4-8-13(11)14/h1-8H. The van der Waals surface area contributed by atoms with Crippen molar-refractivity contribution >= 4 is 32.3 Å². The van der Waals surface area contributed by atoms with Crippen molar-refractivity contribution in [1.82, 2.24) is 0 Å². The molecule has 64 valence electrons. The molecule has 0 aliphatic heterocycles. The molecule has 4 aromatic carbocycles. The van der Waals surface area contributed by atoms with Crippen LogP contribution in [0.15, 0.2) is 48.5 Å². The second-order valence-corrected chi connectivity index (χ2v) is 3.90. The van der Waals surface area contributed by atoms with Crippen LogP contribution in [0.5, 0.6) is 0 Å². The van der Waals surface area contributed by atoms with Crippen LogP contribution in [0.2, 0.25) is 0 Å². The van der Waals surface area contributed by atoms with E-state index in [9.17, 15) is 0 Å². The summed E-state index contributed by atoms with van der Waals surface area (Å²) in [5, 5.41) is 8.36. The molecular formula is C14H8. The molecule has 0 radical (unpaired) electrons. The van der Waals surface area contributed by atoms with Crippen LogP contribution in [-0.4, -0.2) is 0 Å². The molecule has 4 aromatic rings. The van der Waals surface area contributed by atoms with Crippen molar-refractivity contribution in [2.24, 2.45) is 0 Å². The highest BCUT2D eigenvalue weighted by atomic mass is 14.1. The third-order valence-electron chi connectivity index (χ3n) is 3.21. The number of rotatable bonds is 0. The van der Waals surface area contributed by atoms with Gasteiger partial charge in [-0.05, 0) is 32.3 Å². The van der Waals surface area contributed by atoms with Gasteiger partial charge in [-0.3, -0.25) is 0 Å². The highest BCUT2D eigenvalue weighted by Crippen LogP contribution is 2.34. The fraction of sp³-hybridized carbons (Fsp3) is 0. The van der Waals surface area contributed by atoms with E-state index in [1.54, 1.807) is 0 Å². The van der Waals surface area contributed by atoms with Crippen LogP contribution in [0.3, 0.4) is 0 Å². The SMILES string of the molecule is c1cc2c1ccc1c3ccc3ccc21. The molecule has 0 N–H and O–H groups in total. The lowest BCUT2D eigenvalue weighted by Crippen LogP contribution is -1.83. The fourth-order valence-corrected chi connectivity index (χ4v) is 2.30. The van der Waals surface area contributed by atoms with Gasteiger partial charge in [0, 0.05) is 0 Å². The third kappa shape index (κ3) is 0.589. The molecule has 0 bridgehead atoms. The van der Waals surface area contributed by atoms with E-state index in [1.165, 1.54) is 32.3 Å². The molecule has 0 nitrogen and oxygen atoms in total. The Labute approximate surface area is 81.4 Å². The molecule has 14 heavy (non-hydrogen) atoms. The zero-order chi connectivity index (χ0) is 9.12. The van der Waals surface area contributed by atoms with Crippen molar-refractivity contribution in [3.8, 4) is 0 Å². The van der Waals surface area contributed by atoms with Gasteiger partial charge in [0.15, 0.2) is 0 Å². The molecule has 0 spiro atoms. The topological polar surface area (TPSA) is 0 Å². The van der Waals surface area contributed by atoms with Crippen LogP contribution >= 0.6 is 0 Å². The molecule has 0 aromatic heterocycles. The molecule has 0 saturated carbocycles. The lowest BCUT2D eigenvalue weighted by atomic mass is 9.93. The van der Waals surface area contributed by atoms with Gasteiger partial charge in [-0.15, -0.1) is 0 Å². The minimum Gasteiger partial charge on any atom is -0.0537 e. The van der Waals surface area contributed by atoms with Crippen LogP contribution in [0.4, 0.5) is 0 Å². The molecular weight excluding hydrogens is 168 g/mol. The Morgan fingerprint density at radius 1 is 0.357 bits per heavy atom. The molecule has 0 saturated heterocycles. The maximum Gasteiger partial charge on any atom is -0.00990 e. The summed E-state index contributed by atoms with van der Waals surface area (Å²) < 4.78 is 0. The van der Waals surface area contributed by atoms with Crippen molar-refractivity contribution in [1.29, 1.82) is 0 Å². The van der Waals surface area contributed by atoms with E-state index in [-0.39, 0.29) is 0 Å². The van der Waals surface area contributed by atoms with Gasteiger partial charge in [-0.1, -0.05) is 48.5 Å². The van der Waals surface area contributed by atoms with Crippen LogP contribution < -0.4 is 0 Å². The Kier molecular flexibility index (Phi) is 0.935. The summed E-state index contributed by atoms with van der Waals surface area (Å²) >= 11 is 0. The minimum atomic E-state index is 1.38. The quantitative estimate of drug-likeness (QED) is 0.379. The van der Waals surface area contributed by atoms with Gasteiger partial charge in [-0.25, -0.2) is 0 Å². The van der Waals surface area contributed by atoms with E-state index in [2.05, 4.69) is 48.5 Å². The Balaban J connectivity index is 2.37. The number of hydrogen-bond acceptors (Lipinski definition) is 0. The lowest BCUT2D eigenvalue weighted by Gasteiger charge is -2.10. The molecule has 0 amide bonds. The van der Waals surface area contributed by atoms with Gasteiger partial charge in [0.1, 0.15) is 0 Å². The third-order valence-corrected chi connectivity index (χ3v) is 3.21. The smallest absolute Gasteiger partial charge is 0.00990 e. The summed E-state index contributed by atoms with van der Waals surface area (Å²) in [4.78, 5) is 0. The summed E-state index contributed by atoms with van der Waals surface area (Å²) in [6.45, 7) is 0. The highest BCUT2D eigenvalue weighted by Gasteiger charge is 2.06. The minimum absolute atomic E-state index is 1.38. The lowest BCUT2D eigenvalue weighted by molar-refractivity contribution is 1.79. The Hall–Kier alpha value is -1.82. The first-order chi connectivity index (χ1) is 6.93. The van der Waals surface area contributed by atoms with Gasteiger partial charge >= 0.3 is 0 Å². The second kappa shape index (κ2) is 1.98. The number of fused-ring (bicyclic) bond motifs is 5. The van der Waals surface area contributed by atoms with Crippen LogP contribution in [0, 0.1) is 0 Å². The number of benzene rings is 2. The summed E-state index contributed by atoms with van der Waals surface area (Å²) in [5.41, 5.74) is 0. The summed E-state index contributed by atoms with van der Waals surface area (Å²) in [7, 11) is 0. The predicted molar refractivity (Wildman–Crippen MR) is 61.3 cm³/mol. The zero-order valence-electron chi connectivity index (χ0n) is 7.62. The molecule has 0 atom stereocenters. The van der Waals surface area contributed by atoms with Crippen molar-refractivity contribution in [2.75, 3.05) is 0 Å². The van der Waals surface area contributed by atoms with E-state index >= 15 is 0 Å². The first kappa shape index (κ1) is 6.61. The Morgan fingerprint density at radius 3 is 1.07 bits per heavy atom.